The van der Waals surface area contributed by atoms with Gasteiger partial charge in [-0.05, 0) is 45.1 Å². The van der Waals surface area contributed by atoms with Gasteiger partial charge < -0.3 is 21.7 Å². The second-order valence-electron chi connectivity index (χ2n) is 8.95. The average Bonchev–Trinajstić information content (AvgIpc) is 2.76. The third kappa shape index (κ3) is 11.9. The molecule has 0 saturated carbocycles. The smallest absolute Gasteiger partial charge is 0.236 e. The van der Waals surface area contributed by atoms with Crippen LogP contribution in [0.25, 0.3) is 0 Å². The summed E-state index contributed by atoms with van der Waals surface area (Å²) >= 11 is 0. The van der Waals surface area contributed by atoms with Gasteiger partial charge >= 0.3 is 0 Å². The number of likely N-dealkylation sites (tertiary alicyclic amines) is 1. The summed E-state index contributed by atoms with van der Waals surface area (Å²) in [6.07, 6.45) is 17.6. The van der Waals surface area contributed by atoms with Crippen LogP contribution in [0.5, 0.6) is 0 Å². The van der Waals surface area contributed by atoms with Gasteiger partial charge in [0.15, 0.2) is 0 Å². The standard InChI is InChI=1S/C24H48N4O2/c1-2-3-4-5-6-7-8-9-10-17-23(29)28-19-14-12-15-21(28)20-27-24(30)22(26)16-11-13-18-25/h21-22H,2-20,25-26H2,1H3,(H,27,30)/t21?,22-/m0/s1. The maximum absolute atomic E-state index is 12.7. The van der Waals surface area contributed by atoms with Gasteiger partial charge in [0.2, 0.25) is 11.8 Å². The van der Waals surface area contributed by atoms with Crippen LogP contribution in [0.2, 0.25) is 0 Å². The molecule has 6 heteroatoms. The molecule has 1 aliphatic heterocycles. The number of hydrogen-bond donors (Lipinski definition) is 3. The second kappa shape index (κ2) is 17.5. The number of nitrogens with two attached hydrogens (primary N) is 2. The fourth-order valence-corrected chi connectivity index (χ4v) is 4.26. The maximum Gasteiger partial charge on any atom is 0.236 e. The van der Waals surface area contributed by atoms with Gasteiger partial charge in [0.05, 0.1) is 6.04 Å². The first-order chi connectivity index (χ1) is 14.6. The van der Waals surface area contributed by atoms with E-state index in [9.17, 15) is 9.59 Å². The molecule has 1 rings (SSSR count). The summed E-state index contributed by atoms with van der Waals surface area (Å²) in [7, 11) is 0. The van der Waals surface area contributed by atoms with Crippen LogP contribution >= 0.6 is 0 Å². The molecule has 1 unspecified atom stereocenters. The van der Waals surface area contributed by atoms with Crippen LogP contribution in [0.1, 0.15) is 110 Å². The van der Waals surface area contributed by atoms with Crippen molar-refractivity contribution in [3.05, 3.63) is 0 Å². The fraction of sp³-hybridized carbons (Fsp3) is 0.917. The number of unbranched alkanes of at least 4 members (excludes halogenated alkanes) is 9. The lowest BCUT2D eigenvalue weighted by Gasteiger charge is -2.36. The van der Waals surface area contributed by atoms with E-state index in [0.717, 1.165) is 51.5 Å². The van der Waals surface area contributed by atoms with Crippen molar-refractivity contribution in [2.45, 2.75) is 122 Å². The Morgan fingerprint density at radius 3 is 2.30 bits per heavy atom. The first-order valence-corrected chi connectivity index (χ1v) is 12.6. The molecule has 0 aromatic carbocycles. The minimum Gasteiger partial charge on any atom is -0.353 e. The van der Waals surface area contributed by atoms with Crippen LogP contribution in [0, 0.1) is 0 Å². The molecule has 0 aromatic heterocycles. The van der Waals surface area contributed by atoms with Crippen molar-refractivity contribution in [1.29, 1.82) is 0 Å². The summed E-state index contributed by atoms with van der Waals surface area (Å²) in [5.41, 5.74) is 11.5. The van der Waals surface area contributed by atoms with Crippen molar-refractivity contribution in [2.75, 3.05) is 19.6 Å². The number of piperidine rings is 1. The van der Waals surface area contributed by atoms with Gasteiger partial charge in [-0.3, -0.25) is 9.59 Å². The minimum atomic E-state index is -0.480. The molecule has 2 atom stereocenters. The molecule has 0 bridgehead atoms. The molecule has 5 N–H and O–H groups in total. The molecule has 1 aliphatic rings. The van der Waals surface area contributed by atoms with E-state index in [1.807, 2.05) is 4.90 Å². The Hall–Kier alpha value is -1.14. The lowest BCUT2D eigenvalue weighted by molar-refractivity contribution is -0.135. The normalized spacial score (nSPS) is 17.7. The highest BCUT2D eigenvalue weighted by Crippen LogP contribution is 2.19. The van der Waals surface area contributed by atoms with Crippen molar-refractivity contribution in [1.82, 2.24) is 10.2 Å². The molecule has 1 saturated heterocycles. The predicted molar refractivity (Wildman–Crippen MR) is 125 cm³/mol. The average molecular weight is 425 g/mol. The first kappa shape index (κ1) is 26.9. The Kier molecular flexibility index (Phi) is 15.7. The SMILES string of the molecule is CCCCCCCCCCCC(=O)N1CCCCC1CNC(=O)[C@@H](N)CCCCN. The summed E-state index contributed by atoms with van der Waals surface area (Å²) < 4.78 is 0. The largest absolute Gasteiger partial charge is 0.353 e. The van der Waals surface area contributed by atoms with Crippen LogP contribution in [0.4, 0.5) is 0 Å². The van der Waals surface area contributed by atoms with Crippen LogP contribution in [0.15, 0.2) is 0 Å². The second-order valence-corrected chi connectivity index (χ2v) is 8.95. The molecule has 0 spiro atoms. The zero-order valence-corrected chi connectivity index (χ0v) is 19.5. The Labute approximate surface area is 184 Å². The Balaban J connectivity index is 2.23. The summed E-state index contributed by atoms with van der Waals surface area (Å²) in [5.74, 6) is 0.146. The highest BCUT2D eigenvalue weighted by Gasteiger charge is 2.27. The zero-order chi connectivity index (χ0) is 22.0. The van der Waals surface area contributed by atoms with Crippen molar-refractivity contribution in [2.24, 2.45) is 11.5 Å². The maximum atomic E-state index is 12.7. The van der Waals surface area contributed by atoms with Gasteiger partial charge in [0, 0.05) is 25.6 Å². The van der Waals surface area contributed by atoms with E-state index in [2.05, 4.69) is 12.2 Å². The Morgan fingerprint density at radius 1 is 0.967 bits per heavy atom. The van der Waals surface area contributed by atoms with E-state index in [0.29, 0.717) is 25.9 Å². The van der Waals surface area contributed by atoms with Gasteiger partial charge in [-0.1, -0.05) is 64.7 Å². The molecule has 176 valence electrons. The molecular formula is C24H48N4O2. The van der Waals surface area contributed by atoms with Crippen LogP contribution in [-0.2, 0) is 9.59 Å². The summed E-state index contributed by atoms with van der Waals surface area (Å²) in [6.45, 7) is 4.22. The third-order valence-electron chi connectivity index (χ3n) is 6.26. The van der Waals surface area contributed by atoms with Crippen molar-refractivity contribution < 1.29 is 9.59 Å². The number of nitrogens with zero attached hydrogens (tertiary/aromatic N) is 1. The first-order valence-electron chi connectivity index (χ1n) is 12.6. The molecule has 6 nitrogen and oxygen atoms in total. The van der Waals surface area contributed by atoms with Gasteiger partial charge in [-0.2, -0.15) is 0 Å². The Bertz CT molecular complexity index is 458. The van der Waals surface area contributed by atoms with E-state index in [-0.39, 0.29) is 17.9 Å². The number of hydrogen-bond acceptors (Lipinski definition) is 4. The zero-order valence-electron chi connectivity index (χ0n) is 19.5. The number of carbonyl (C=O) groups is 2. The van der Waals surface area contributed by atoms with Crippen molar-refractivity contribution in [3.8, 4) is 0 Å². The monoisotopic (exact) mass is 424 g/mol. The number of nitrogens with one attached hydrogen (secondary N) is 1. The van der Waals surface area contributed by atoms with Crippen molar-refractivity contribution >= 4 is 11.8 Å². The van der Waals surface area contributed by atoms with Gasteiger partial charge in [0.25, 0.3) is 0 Å². The molecule has 0 aromatic rings. The highest BCUT2D eigenvalue weighted by atomic mass is 16.2. The molecule has 0 radical (unpaired) electrons. The van der Waals surface area contributed by atoms with E-state index in [4.69, 9.17) is 11.5 Å². The number of rotatable bonds is 17. The van der Waals surface area contributed by atoms with Crippen LogP contribution in [-0.4, -0.2) is 48.4 Å². The molecule has 30 heavy (non-hydrogen) atoms. The fourth-order valence-electron chi connectivity index (χ4n) is 4.26. The third-order valence-corrected chi connectivity index (χ3v) is 6.26. The van der Waals surface area contributed by atoms with Crippen molar-refractivity contribution in [3.63, 3.8) is 0 Å². The molecule has 0 aliphatic carbocycles. The molecule has 2 amide bonds. The van der Waals surface area contributed by atoms with Gasteiger partial charge in [0.1, 0.15) is 0 Å². The molecule has 1 heterocycles. The lowest BCUT2D eigenvalue weighted by atomic mass is 10.0. The summed E-state index contributed by atoms with van der Waals surface area (Å²) in [5, 5.41) is 2.98. The lowest BCUT2D eigenvalue weighted by Crippen LogP contribution is -2.51. The summed E-state index contributed by atoms with van der Waals surface area (Å²) in [6, 6.07) is -0.365. The van der Waals surface area contributed by atoms with Crippen LogP contribution in [0.3, 0.4) is 0 Å². The Morgan fingerprint density at radius 2 is 1.63 bits per heavy atom. The van der Waals surface area contributed by atoms with E-state index in [1.165, 1.54) is 44.9 Å². The summed E-state index contributed by atoms with van der Waals surface area (Å²) in [4.78, 5) is 27.0. The molecular weight excluding hydrogens is 376 g/mol. The predicted octanol–water partition coefficient (Wildman–Crippen LogP) is 3.86. The molecule has 1 fully saturated rings. The highest BCUT2D eigenvalue weighted by molar-refractivity contribution is 5.81. The van der Waals surface area contributed by atoms with E-state index >= 15 is 0 Å². The van der Waals surface area contributed by atoms with E-state index < -0.39 is 6.04 Å². The topological polar surface area (TPSA) is 101 Å². The van der Waals surface area contributed by atoms with Gasteiger partial charge in [-0.25, -0.2) is 0 Å². The van der Waals surface area contributed by atoms with E-state index in [1.54, 1.807) is 0 Å². The van der Waals surface area contributed by atoms with Crippen LogP contribution < -0.4 is 16.8 Å². The van der Waals surface area contributed by atoms with Gasteiger partial charge in [-0.15, -0.1) is 0 Å². The number of amides is 2. The number of carbonyl (C=O) groups excluding carboxylic acids is 2. The quantitative estimate of drug-likeness (QED) is 0.309. The minimum absolute atomic E-state index is 0.107.